The quantitative estimate of drug-likeness (QED) is 0.645. The highest BCUT2D eigenvalue weighted by Gasteiger charge is 2.19. The monoisotopic (exact) mass is 386 g/mol. The number of carbonyl (C=O) groups excluding carboxylic acids is 2. The van der Waals surface area contributed by atoms with Crippen LogP contribution in [-0.4, -0.2) is 38.4 Å². The zero-order chi connectivity index (χ0) is 19.2. The smallest absolute Gasteiger partial charge is 0.278 e. The summed E-state index contributed by atoms with van der Waals surface area (Å²) in [6.45, 7) is 3.96. The number of benzene rings is 1. The molecular formula is C17H18N6O3S. The standard InChI is InChI=1S/C17H18N6O3S/c1-3-26-13-7-5-4-6-12(13)19-16(25)15-11(2)23(22-21-15)10-14(24)20-17-18-8-9-27-17/h4-9H,3,10H2,1-2H3,(H,19,25)(H,18,20,24). The van der Waals surface area contributed by atoms with Gasteiger partial charge in [-0.1, -0.05) is 17.3 Å². The van der Waals surface area contributed by atoms with Gasteiger partial charge in [0.2, 0.25) is 5.91 Å². The molecule has 0 aliphatic rings. The number of anilines is 2. The van der Waals surface area contributed by atoms with E-state index >= 15 is 0 Å². The van der Waals surface area contributed by atoms with Crippen LogP contribution in [0.3, 0.4) is 0 Å². The number of hydrogen-bond acceptors (Lipinski definition) is 7. The molecule has 2 heterocycles. The number of amides is 2. The molecule has 0 bridgehead atoms. The van der Waals surface area contributed by atoms with Crippen LogP contribution in [0.25, 0.3) is 0 Å². The molecular weight excluding hydrogens is 368 g/mol. The fourth-order valence-electron chi connectivity index (χ4n) is 2.33. The van der Waals surface area contributed by atoms with Gasteiger partial charge in [-0.15, -0.1) is 16.4 Å². The molecule has 0 fully saturated rings. The second-order valence-electron chi connectivity index (χ2n) is 5.45. The van der Waals surface area contributed by atoms with Gasteiger partial charge in [-0.25, -0.2) is 9.67 Å². The summed E-state index contributed by atoms with van der Waals surface area (Å²) in [5, 5.41) is 15.5. The fraction of sp³-hybridized carbons (Fsp3) is 0.235. The van der Waals surface area contributed by atoms with Crippen LogP contribution in [0.4, 0.5) is 10.8 Å². The minimum absolute atomic E-state index is 0.0682. The van der Waals surface area contributed by atoms with Crippen LogP contribution < -0.4 is 15.4 Å². The second-order valence-corrected chi connectivity index (χ2v) is 6.34. The van der Waals surface area contributed by atoms with Crippen LogP contribution in [-0.2, 0) is 11.3 Å². The number of nitrogens with one attached hydrogen (secondary N) is 2. The van der Waals surface area contributed by atoms with Crippen LogP contribution in [0.5, 0.6) is 5.75 Å². The van der Waals surface area contributed by atoms with Gasteiger partial charge in [0.05, 0.1) is 18.0 Å². The van der Waals surface area contributed by atoms with Crippen molar-refractivity contribution in [2.75, 3.05) is 17.2 Å². The number of aromatic nitrogens is 4. The molecule has 2 amide bonds. The van der Waals surface area contributed by atoms with Crippen molar-refractivity contribution in [3.8, 4) is 5.75 Å². The molecule has 3 rings (SSSR count). The van der Waals surface area contributed by atoms with Gasteiger partial charge in [0.15, 0.2) is 10.8 Å². The average molecular weight is 386 g/mol. The van der Waals surface area contributed by atoms with Crippen molar-refractivity contribution in [1.82, 2.24) is 20.0 Å². The third-order valence-corrected chi connectivity index (χ3v) is 4.29. The lowest BCUT2D eigenvalue weighted by atomic mass is 10.2. The van der Waals surface area contributed by atoms with Gasteiger partial charge >= 0.3 is 0 Å². The molecule has 0 radical (unpaired) electrons. The summed E-state index contributed by atoms with van der Waals surface area (Å²) in [5.74, 6) is -0.154. The Morgan fingerprint density at radius 3 is 2.81 bits per heavy atom. The number of rotatable bonds is 7. The van der Waals surface area contributed by atoms with Crippen molar-refractivity contribution < 1.29 is 14.3 Å². The first-order valence-corrected chi connectivity index (χ1v) is 9.09. The molecule has 0 saturated heterocycles. The lowest BCUT2D eigenvalue weighted by Gasteiger charge is -2.10. The van der Waals surface area contributed by atoms with E-state index in [-0.39, 0.29) is 18.1 Å². The molecule has 9 nitrogen and oxygen atoms in total. The highest BCUT2D eigenvalue weighted by atomic mass is 32.1. The summed E-state index contributed by atoms with van der Waals surface area (Å²) in [6.07, 6.45) is 1.60. The Hall–Kier alpha value is -3.27. The molecule has 10 heteroatoms. The van der Waals surface area contributed by atoms with E-state index < -0.39 is 5.91 Å². The van der Waals surface area contributed by atoms with E-state index in [2.05, 4.69) is 25.9 Å². The Morgan fingerprint density at radius 2 is 2.07 bits per heavy atom. The van der Waals surface area contributed by atoms with Gasteiger partial charge in [-0.05, 0) is 26.0 Å². The molecule has 0 atom stereocenters. The summed E-state index contributed by atoms with van der Waals surface area (Å²) < 4.78 is 6.87. The Kier molecular flexibility index (Phi) is 5.77. The third kappa shape index (κ3) is 4.47. The predicted molar refractivity (Wildman–Crippen MR) is 101 cm³/mol. The number of nitrogens with zero attached hydrogens (tertiary/aromatic N) is 4. The molecule has 2 N–H and O–H groups in total. The van der Waals surface area contributed by atoms with Crippen LogP contribution in [0.1, 0.15) is 23.1 Å². The molecule has 140 valence electrons. The van der Waals surface area contributed by atoms with Crippen molar-refractivity contribution in [2.24, 2.45) is 0 Å². The van der Waals surface area contributed by atoms with E-state index in [1.807, 2.05) is 13.0 Å². The first-order valence-electron chi connectivity index (χ1n) is 8.21. The van der Waals surface area contributed by atoms with E-state index in [1.54, 1.807) is 36.7 Å². The molecule has 0 spiro atoms. The highest BCUT2D eigenvalue weighted by Crippen LogP contribution is 2.24. The maximum atomic E-state index is 12.6. The molecule has 2 aromatic heterocycles. The molecule has 27 heavy (non-hydrogen) atoms. The Labute approximate surface area is 159 Å². The zero-order valence-electron chi connectivity index (χ0n) is 14.8. The minimum atomic E-state index is -0.425. The van der Waals surface area contributed by atoms with Crippen LogP contribution in [0, 0.1) is 6.92 Å². The molecule has 0 aliphatic heterocycles. The molecule has 1 aromatic carbocycles. The van der Waals surface area contributed by atoms with Crippen molar-refractivity contribution in [2.45, 2.75) is 20.4 Å². The van der Waals surface area contributed by atoms with Gasteiger partial charge in [0.1, 0.15) is 12.3 Å². The molecule has 0 unspecified atom stereocenters. The van der Waals surface area contributed by atoms with Crippen molar-refractivity contribution in [3.05, 3.63) is 47.2 Å². The van der Waals surface area contributed by atoms with Gasteiger partial charge in [0, 0.05) is 11.6 Å². The lowest BCUT2D eigenvalue weighted by Crippen LogP contribution is -2.21. The summed E-state index contributed by atoms with van der Waals surface area (Å²) >= 11 is 1.32. The molecule has 0 saturated carbocycles. The van der Waals surface area contributed by atoms with Crippen molar-refractivity contribution in [3.63, 3.8) is 0 Å². The van der Waals surface area contributed by atoms with Gasteiger partial charge in [-0.2, -0.15) is 0 Å². The summed E-state index contributed by atoms with van der Waals surface area (Å²) in [4.78, 5) is 28.6. The lowest BCUT2D eigenvalue weighted by molar-refractivity contribution is -0.117. The topological polar surface area (TPSA) is 111 Å². The normalized spacial score (nSPS) is 10.4. The second kappa shape index (κ2) is 8.41. The van der Waals surface area contributed by atoms with Gasteiger partial charge < -0.3 is 15.4 Å². The molecule has 0 aliphatic carbocycles. The maximum absolute atomic E-state index is 12.6. The first kappa shape index (κ1) is 18.5. The first-order chi connectivity index (χ1) is 13.1. The number of hydrogen-bond donors (Lipinski definition) is 2. The van der Waals surface area contributed by atoms with Gasteiger partial charge in [0.25, 0.3) is 5.91 Å². The SMILES string of the molecule is CCOc1ccccc1NC(=O)c1nnn(CC(=O)Nc2nccs2)c1C. The van der Waals surface area contributed by atoms with E-state index in [0.29, 0.717) is 28.9 Å². The van der Waals surface area contributed by atoms with E-state index in [0.717, 1.165) is 0 Å². The van der Waals surface area contributed by atoms with Crippen LogP contribution in [0.15, 0.2) is 35.8 Å². The summed E-state index contributed by atoms with van der Waals surface area (Å²) in [7, 11) is 0. The highest BCUT2D eigenvalue weighted by molar-refractivity contribution is 7.13. The van der Waals surface area contributed by atoms with E-state index in [9.17, 15) is 9.59 Å². The number of ether oxygens (including phenoxy) is 1. The Bertz CT molecular complexity index is 938. The van der Waals surface area contributed by atoms with Crippen LogP contribution >= 0.6 is 11.3 Å². The summed E-state index contributed by atoms with van der Waals surface area (Å²) in [6, 6.07) is 7.13. The number of carbonyl (C=O) groups is 2. The largest absolute Gasteiger partial charge is 0.492 e. The maximum Gasteiger partial charge on any atom is 0.278 e. The van der Waals surface area contributed by atoms with Crippen LogP contribution in [0.2, 0.25) is 0 Å². The summed E-state index contributed by atoms with van der Waals surface area (Å²) in [5.41, 5.74) is 1.17. The van der Waals surface area contributed by atoms with Crippen molar-refractivity contribution >= 4 is 34.0 Å². The average Bonchev–Trinajstić information content (AvgIpc) is 3.27. The fourth-order valence-corrected chi connectivity index (χ4v) is 2.88. The van der Waals surface area contributed by atoms with Gasteiger partial charge in [-0.3, -0.25) is 9.59 Å². The third-order valence-electron chi connectivity index (χ3n) is 3.60. The minimum Gasteiger partial charge on any atom is -0.492 e. The predicted octanol–water partition coefficient (Wildman–Crippen LogP) is 2.33. The Morgan fingerprint density at radius 1 is 1.26 bits per heavy atom. The Balaban J connectivity index is 1.69. The molecule has 3 aromatic rings. The zero-order valence-corrected chi connectivity index (χ0v) is 15.6. The number of para-hydroxylation sites is 2. The number of thiazole rings is 1. The van der Waals surface area contributed by atoms with E-state index in [4.69, 9.17) is 4.74 Å². The van der Waals surface area contributed by atoms with Crippen molar-refractivity contribution in [1.29, 1.82) is 0 Å². The van der Waals surface area contributed by atoms with E-state index in [1.165, 1.54) is 16.0 Å².